The SMILES string of the molecule is Cc1ccc2c(c1)OC(C(CC(C)(C)C)O[SiH](C)C)C(=O)N2. The molecule has 0 fully saturated rings. The Labute approximate surface area is 134 Å². The van der Waals surface area contributed by atoms with Gasteiger partial charge in [-0.05, 0) is 49.5 Å². The molecule has 0 saturated carbocycles. The summed E-state index contributed by atoms with van der Waals surface area (Å²) in [6.45, 7) is 12.7. The summed E-state index contributed by atoms with van der Waals surface area (Å²) in [6, 6.07) is 5.81. The van der Waals surface area contributed by atoms with Crippen molar-refractivity contribution in [2.75, 3.05) is 5.32 Å². The number of fused-ring (bicyclic) bond motifs is 1. The highest BCUT2D eigenvalue weighted by Crippen LogP contribution is 2.34. The molecule has 0 saturated heterocycles. The van der Waals surface area contributed by atoms with E-state index in [1.165, 1.54) is 0 Å². The predicted molar refractivity (Wildman–Crippen MR) is 92.0 cm³/mol. The van der Waals surface area contributed by atoms with Crippen LogP contribution in [-0.4, -0.2) is 27.2 Å². The van der Waals surface area contributed by atoms with Gasteiger partial charge in [-0.25, -0.2) is 0 Å². The van der Waals surface area contributed by atoms with E-state index in [-0.39, 0.29) is 17.4 Å². The van der Waals surface area contributed by atoms with Gasteiger partial charge in [-0.15, -0.1) is 0 Å². The van der Waals surface area contributed by atoms with Gasteiger partial charge in [0.15, 0.2) is 9.04 Å². The third-order valence-electron chi connectivity index (χ3n) is 3.51. The van der Waals surface area contributed by atoms with E-state index in [0.717, 1.165) is 23.4 Å². The highest BCUT2D eigenvalue weighted by Gasteiger charge is 2.37. The van der Waals surface area contributed by atoms with Gasteiger partial charge in [0.25, 0.3) is 5.91 Å². The van der Waals surface area contributed by atoms with Crippen LogP contribution in [0, 0.1) is 12.3 Å². The summed E-state index contributed by atoms with van der Waals surface area (Å²) in [5, 5.41) is 2.95. The van der Waals surface area contributed by atoms with Crippen LogP contribution in [0.15, 0.2) is 18.2 Å². The first-order chi connectivity index (χ1) is 10.2. The smallest absolute Gasteiger partial charge is 0.268 e. The van der Waals surface area contributed by atoms with Crippen LogP contribution in [0.1, 0.15) is 32.8 Å². The summed E-state index contributed by atoms with van der Waals surface area (Å²) in [5.41, 5.74) is 1.92. The van der Waals surface area contributed by atoms with Gasteiger partial charge in [0.2, 0.25) is 6.10 Å². The lowest BCUT2D eigenvalue weighted by atomic mass is 9.87. The summed E-state index contributed by atoms with van der Waals surface area (Å²) < 4.78 is 12.2. The fraction of sp³-hybridized carbons (Fsp3) is 0.588. The van der Waals surface area contributed by atoms with E-state index in [1.807, 2.05) is 25.1 Å². The van der Waals surface area contributed by atoms with Gasteiger partial charge in [-0.2, -0.15) is 0 Å². The maximum Gasteiger partial charge on any atom is 0.268 e. The van der Waals surface area contributed by atoms with Crippen molar-refractivity contribution in [3.05, 3.63) is 23.8 Å². The van der Waals surface area contributed by atoms with Crippen molar-refractivity contribution in [2.45, 2.75) is 59.4 Å². The standard InChI is InChI=1S/C17H27NO3Si/c1-11-7-8-12-13(9-11)20-15(16(19)18-12)14(21-22(5)6)10-17(2,3)4/h7-9,14-15,22H,10H2,1-6H3,(H,18,19). The Bertz CT molecular complexity index is 551. The highest BCUT2D eigenvalue weighted by molar-refractivity contribution is 6.48. The molecular weight excluding hydrogens is 294 g/mol. The Hall–Kier alpha value is -1.33. The van der Waals surface area contributed by atoms with E-state index in [9.17, 15) is 4.79 Å². The maximum atomic E-state index is 12.5. The van der Waals surface area contributed by atoms with Gasteiger partial charge in [-0.1, -0.05) is 26.8 Å². The first-order valence-corrected chi connectivity index (χ1v) is 10.7. The van der Waals surface area contributed by atoms with Crippen LogP contribution >= 0.6 is 0 Å². The number of hydrogen-bond acceptors (Lipinski definition) is 3. The third-order valence-corrected chi connectivity index (χ3v) is 4.40. The molecule has 1 aliphatic rings. The average Bonchev–Trinajstić information content (AvgIpc) is 2.35. The molecule has 0 aliphatic carbocycles. The quantitative estimate of drug-likeness (QED) is 0.864. The first-order valence-electron chi connectivity index (χ1n) is 7.89. The lowest BCUT2D eigenvalue weighted by Gasteiger charge is -2.35. The molecule has 122 valence electrons. The van der Waals surface area contributed by atoms with Gasteiger partial charge < -0.3 is 14.5 Å². The number of rotatable bonds is 4. The number of benzene rings is 1. The van der Waals surface area contributed by atoms with E-state index < -0.39 is 15.1 Å². The Morgan fingerprint density at radius 2 is 2.05 bits per heavy atom. The summed E-state index contributed by atoms with van der Waals surface area (Å²) in [5.74, 6) is 0.623. The average molecular weight is 321 g/mol. The Kier molecular flexibility index (Phi) is 4.97. The Morgan fingerprint density at radius 1 is 1.36 bits per heavy atom. The molecule has 4 nitrogen and oxygen atoms in total. The molecule has 22 heavy (non-hydrogen) atoms. The number of aryl methyl sites for hydroxylation is 1. The lowest BCUT2D eigenvalue weighted by molar-refractivity contribution is -0.128. The van der Waals surface area contributed by atoms with Crippen molar-refractivity contribution in [3.63, 3.8) is 0 Å². The second-order valence-electron chi connectivity index (χ2n) is 7.52. The van der Waals surface area contributed by atoms with Gasteiger partial charge in [0.05, 0.1) is 11.8 Å². The number of anilines is 1. The molecule has 5 heteroatoms. The van der Waals surface area contributed by atoms with Crippen molar-refractivity contribution >= 4 is 20.6 Å². The van der Waals surface area contributed by atoms with Crippen molar-refractivity contribution in [1.29, 1.82) is 0 Å². The minimum Gasteiger partial charge on any atom is -0.476 e. The molecule has 0 bridgehead atoms. The van der Waals surface area contributed by atoms with E-state index in [4.69, 9.17) is 9.16 Å². The second-order valence-corrected chi connectivity index (χ2v) is 9.89. The zero-order valence-corrected chi connectivity index (χ0v) is 15.6. The molecule has 1 N–H and O–H groups in total. The fourth-order valence-corrected chi connectivity index (χ4v) is 3.59. The van der Waals surface area contributed by atoms with Gasteiger partial charge in [-0.3, -0.25) is 4.79 Å². The first kappa shape index (κ1) is 17.0. The minimum absolute atomic E-state index is 0.0739. The van der Waals surface area contributed by atoms with Crippen LogP contribution in [0.4, 0.5) is 5.69 Å². The van der Waals surface area contributed by atoms with Crippen molar-refractivity contribution in [1.82, 2.24) is 0 Å². The van der Waals surface area contributed by atoms with Crippen LogP contribution in [0.3, 0.4) is 0 Å². The molecule has 1 amide bonds. The molecule has 2 unspecified atom stereocenters. The molecular formula is C17H27NO3Si. The zero-order valence-electron chi connectivity index (χ0n) is 14.4. The number of carbonyl (C=O) groups is 1. The monoisotopic (exact) mass is 321 g/mol. The van der Waals surface area contributed by atoms with Crippen LogP contribution in [0.25, 0.3) is 0 Å². The zero-order chi connectivity index (χ0) is 16.5. The van der Waals surface area contributed by atoms with Crippen LogP contribution in [0.2, 0.25) is 13.1 Å². The second kappa shape index (κ2) is 6.42. The Morgan fingerprint density at radius 3 is 2.64 bits per heavy atom. The largest absolute Gasteiger partial charge is 0.476 e. The predicted octanol–water partition coefficient (Wildman–Crippen LogP) is 3.50. The molecule has 1 heterocycles. The lowest BCUT2D eigenvalue weighted by Crippen LogP contribution is -2.49. The van der Waals surface area contributed by atoms with Gasteiger partial charge in [0, 0.05) is 0 Å². The summed E-state index contributed by atoms with van der Waals surface area (Å²) in [4.78, 5) is 12.5. The van der Waals surface area contributed by atoms with Crippen molar-refractivity contribution in [2.24, 2.45) is 5.41 Å². The Balaban J connectivity index is 2.25. The van der Waals surface area contributed by atoms with Crippen molar-refractivity contribution < 1.29 is 14.0 Å². The topological polar surface area (TPSA) is 47.6 Å². The molecule has 2 rings (SSSR count). The van der Waals surface area contributed by atoms with Crippen molar-refractivity contribution in [3.8, 4) is 5.75 Å². The summed E-state index contributed by atoms with van der Waals surface area (Å²) in [6.07, 6.45) is 0.000912. The summed E-state index contributed by atoms with van der Waals surface area (Å²) >= 11 is 0. The normalized spacial score (nSPS) is 19.4. The number of ether oxygens (including phenoxy) is 1. The number of nitrogens with one attached hydrogen (secondary N) is 1. The molecule has 0 radical (unpaired) electrons. The van der Waals surface area contributed by atoms with Crippen LogP contribution < -0.4 is 10.1 Å². The molecule has 2 atom stereocenters. The number of carbonyl (C=O) groups excluding carboxylic acids is 1. The van der Waals surface area contributed by atoms with Crippen LogP contribution in [0.5, 0.6) is 5.75 Å². The highest BCUT2D eigenvalue weighted by atomic mass is 28.3. The van der Waals surface area contributed by atoms with E-state index in [1.54, 1.807) is 0 Å². The third kappa shape index (κ3) is 4.33. The molecule has 0 aromatic heterocycles. The number of hydrogen-bond donors (Lipinski definition) is 1. The van der Waals surface area contributed by atoms with E-state index in [2.05, 4.69) is 39.2 Å². The summed E-state index contributed by atoms with van der Waals surface area (Å²) in [7, 11) is -1.27. The molecule has 0 spiro atoms. The van der Waals surface area contributed by atoms with E-state index >= 15 is 0 Å². The van der Waals surface area contributed by atoms with Gasteiger partial charge >= 0.3 is 0 Å². The van der Waals surface area contributed by atoms with Gasteiger partial charge in [0.1, 0.15) is 5.75 Å². The molecule has 1 aliphatic heterocycles. The van der Waals surface area contributed by atoms with E-state index in [0.29, 0.717) is 0 Å². The minimum atomic E-state index is -1.27. The fourth-order valence-electron chi connectivity index (χ4n) is 2.65. The number of amides is 1. The van der Waals surface area contributed by atoms with Crippen LogP contribution in [-0.2, 0) is 9.22 Å². The maximum absolute atomic E-state index is 12.5. The molecule has 1 aromatic rings. The molecule has 1 aromatic carbocycles.